The van der Waals surface area contributed by atoms with Gasteiger partial charge in [-0.3, -0.25) is 0 Å². The molecule has 0 heterocycles. The van der Waals surface area contributed by atoms with E-state index in [1.165, 1.54) is 6.07 Å². The average molecular weight is 221 g/mol. The molecule has 0 atom stereocenters. The van der Waals surface area contributed by atoms with Crippen molar-refractivity contribution < 1.29 is 17.6 Å². The molecule has 0 bridgehead atoms. The van der Waals surface area contributed by atoms with Gasteiger partial charge >= 0.3 is 6.18 Å². The van der Waals surface area contributed by atoms with E-state index >= 15 is 0 Å². The van der Waals surface area contributed by atoms with E-state index in [0.29, 0.717) is 6.07 Å². The van der Waals surface area contributed by atoms with Gasteiger partial charge in [0.05, 0.1) is 5.56 Å². The minimum Gasteiger partial charge on any atom is -0.205 e. The minimum absolute atomic E-state index is 0.113. The molecule has 0 unspecified atom stereocenters. The topological polar surface area (TPSA) is 23.8 Å². The van der Waals surface area contributed by atoms with Crippen LogP contribution in [0.25, 0.3) is 0 Å². The zero-order chi connectivity index (χ0) is 10.9. The van der Waals surface area contributed by atoms with Gasteiger partial charge in [0.2, 0.25) is 0 Å². The second-order valence-corrected chi connectivity index (χ2v) is 2.91. The van der Waals surface area contributed by atoms with E-state index in [9.17, 15) is 17.6 Å². The fourth-order valence-corrected chi connectivity index (χ4v) is 1.11. The summed E-state index contributed by atoms with van der Waals surface area (Å²) in [6.45, 7) is 0. The standard InChI is InChI=1S/C8H3F4NS/c9-7-4(3-13)6(14)2-1-5(7)8(10,11)12/h1-2,14H. The summed E-state index contributed by atoms with van der Waals surface area (Å²) in [6.07, 6.45) is -4.79. The Morgan fingerprint density at radius 1 is 1.29 bits per heavy atom. The molecule has 1 rings (SSSR count). The van der Waals surface area contributed by atoms with Crippen LogP contribution in [0.2, 0.25) is 0 Å². The molecule has 1 nitrogen and oxygen atoms in total. The van der Waals surface area contributed by atoms with Crippen molar-refractivity contribution >= 4 is 12.6 Å². The molecule has 14 heavy (non-hydrogen) atoms. The molecular formula is C8H3F4NS. The molecule has 0 aliphatic carbocycles. The van der Waals surface area contributed by atoms with Crippen molar-refractivity contribution in [2.24, 2.45) is 0 Å². The summed E-state index contributed by atoms with van der Waals surface area (Å²) in [6, 6.07) is 2.82. The van der Waals surface area contributed by atoms with Gasteiger partial charge in [0.15, 0.2) is 5.82 Å². The first kappa shape index (κ1) is 10.9. The third kappa shape index (κ3) is 1.82. The molecule has 6 heteroatoms. The molecule has 74 valence electrons. The van der Waals surface area contributed by atoms with Crippen LogP contribution in [0.5, 0.6) is 0 Å². The van der Waals surface area contributed by atoms with Gasteiger partial charge in [-0.25, -0.2) is 4.39 Å². The second kappa shape index (κ2) is 3.50. The maximum Gasteiger partial charge on any atom is 0.419 e. The number of rotatable bonds is 0. The first-order chi connectivity index (χ1) is 6.38. The van der Waals surface area contributed by atoms with Crippen molar-refractivity contribution in [3.05, 3.63) is 29.1 Å². The van der Waals surface area contributed by atoms with Crippen LogP contribution in [0.4, 0.5) is 17.6 Å². The molecule has 1 aromatic carbocycles. The molecule has 0 aliphatic heterocycles. The monoisotopic (exact) mass is 221 g/mol. The van der Waals surface area contributed by atoms with Crippen molar-refractivity contribution in [1.82, 2.24) is 0 Å². The lowest BCUT2D eigenvalue weighted by Gasteiger charge is -2.09. The maximum atomic E-state index is 13.0. The molecule has 0 N–H and O–H groups in total. The number of halogens is 4. The Labute approximate surface area is 82.4 Å². The smallest absolute Gasteiger partial charge is 0.205 e. The molecule has 0 saturated heterocycles. The van der Waals surface area contributed by atoms with Gasteiger partial charge in [-0.15, -0.1) is 12.6 Å². The molecule has 0 aliphatic rings. The van der Waals surface area contributed by atoms with Gasteiger partial charge in [0.25, 0.3) is 0 Å². The lowest BCUT2D eigenvalue weighted by Crippen LogP contribution is -2.09. The fraction of sp³-hybridized carbons (Fsp3) is 0.125. The molecule has 0 fully saturated rings. The number of alkyl halides is 3. The quantitative estimate of drug-likeness (QED) is 0.528. The normalized spacial score (nSPS) is 11.1. The number of thiol groups is 1. The Bertz CT molecular complexity index is 405. The van der Waals surface area contributed by atoms with E-state index in [1.54, 1.807) is 0 Å². The molecule has 0 saturated carbocycles. The van der Waals surface area contributed by atoms with Gasteiger partial charge in [-0.05, 0) is 12.1 Å². The van der Waals surface area contributed by atoms with Crippen LogP contribution in [0, 0.1) is 17.1 Å². The Kier molecular flexibility index (Phi) is 2.71. The Morgan fingerprint density at radius 3 is 2.29 bits per heavy atom. The Balaban J connectivity index is 3.46. The highest BCUT2D eigenvalue weighted by Crippen LogP contribution is 2.33. The molecule has 1 aromatic rings. The van der Waals surface area contributed by atoms with Gasteiger partial charge < -0.3 is 0 Å². The van der Waals surface area contributed by atoms with E-state index < -0.39 is 23.1 Å². The van der Waals surface area contributed by atoms with Gasteiger partial charge in [0, 0.05) is 4.90 Å². The first-order valence-corrected chi connectivity index (χ1v) is 3.81. The van der Waals surface area contributed by atoms with Crippen molar-refractivity contribution in [3.63, 3.8) is 0 Å². The van der Waals surface area contributed by atoms with Crippen LogP contribution < -0.4 is 0 Å². The summed E-state index contributed by atoms with van der Waals surface area (Å²) in [5, 5.41) is 8.38. The fourth-order valence-electron chi connectivity index (χ4n) is 0.891. The van der Waals surface area contributed by atoms with Gasteiger partial charge in [-0.2, -0.15) is 18.4 Å². The predicted molar refractivity (Wildman–Crippen MR) is 43.4 cm³/mol. The molecule has 0 amide bonds. The maximum absolute atomic E-state index is 13.0. The highest BCUT2D eigenvalue weighted by Gasteiger charge is 2.35. The summed E-state index contributed by atoms with van der Waals surface area (Å²) in [7, 11) is 0. The van der Waals surface area contributed by atoms with Crippen LogP contribution in [0.3, 0.4) is 0 Å². The Morgan fingerprint density at radius 2 is 1.86 bits per heavy atom. The largest absolute Gasteiger partial charge is 0.419 e. The number of benzene rings is 1. The molecular weight excluding hydrogens is 218 g/mol. The number of nitrogens with zero attached hydrogens (tertiary/aromatic N) is 1. The van der Waals surface area contributed by atoms with Crippen LogP contribution in [-0.2, 0) is 6.18 Å². The summed E-state index contributed by atoms with van der Waals surface area (Å²) in [5.74, 6) is -1.58. The molecule has 0 radical (unpaired) electrons. The van der Waals surface area contributed by atoms with Gasteiger partial charge in [-0.1, -0.05) is 0 Å². The van der Waals surface area contributed by atoms with Crippen molar-refractivity contribution in [1.29, 1.82) is 5.26 Å². The summed E-state index contributed by atoms with van der Waals surface area (Å²) < 4.78 is 49.4. The first-order valence-electron chi connectivity index (χ1n) is 3.36. The van der Waals surface area contributed by atoms with Gasteiger partial charge in [0.1, 0.15) is 11.6 Å². The third-order valence-electron chi connectivity index (χ3n) is 1.54. The van der Waals surface area contributed by atoms with E-state index in [2.05, 4.69) is 12.6 Å². The third-order valence-corrected chi connectivity index (χ3v) is 1.91. The predicted octanol–water partition coefficient (Wildman–Crippen LogP) is 3.00. The van der Waals surface area contributed by atoms with E-state index in [4.69, 9.17) is 5.26 Å². The van der Waals surface area contributed by atoms with Crippen molar-refractivity contribution in [3.8, 4) is 6.07 Å². The van der Waals surface area contributed by atoms with Crippen LogP contribution in [0.1, 0.15) is 11.1 Å². The summed E-state index contributed by atoms with van der Waals surface area (Å²) >= 11 is 3.66. The van der Waals surface area contributed by atoms with Crippen molar-refractivity contribution in [2.45, 2.75) is 11.1 Å². The number of hydrogen-bond donors (Lipinski definition) is 1. The van der Waals surface area contributed by atoms with E-state index in [0.717, 1.165) is 6.07 Å². The molecule has 0 spiro atoms. The van der Waals surface area contributed by atoms with E-state index in [1.807, 2.05) is 0 Å². The Hall–Kier alpha value is -1.22. The van der Waals surface area contributed by atoms with Crippen LogP contribution in [-0.4, -0.2) is 0 Å². The number of nitriles is 1. The highest BCUT2D eigenvalue weighted by atomic mass is 32.1. The van der Waals surface area contributed by atoms with Crippen LogP contribution >= 0.6 is 12.6 Å². The average Bonchev–Trinajstić information content (AvgIpc) is 2.02. The zero-order valence-corrected chi connectivity index (χ0v) is 7.46. The minimum atomic E-state index is -4.79. The van der Waals surface area contributed by atoms with E-state index in [-0.39, 0.29) is 4.90 Å². The zero-order valence-electron chi connectivity index (χ0n) is 6.56. The lowest BCUT2D eigenvalue weighted by molar-refractivity contribution is -0.140. The summed E-state index contributed by atoms with van der Waals surface area (Å²) in [5.41, 5.74) is -2.14. The van der Waals surface area contributed by atoms with Crippen molar-refractivity contribution in [2.75, 3.05) is 0 Å². The summed E-state index contributed by atoms with van der Waals surface area (Å²) in [4.78, 5) is -0.113. The SMILES string of the molecule is N#Cc1c(S)ccc(C(F)(F)F)c1F. The lowest BCUT2D eigenvalue weighted by atomic mass is 10.1. The number of hydrogen-bond acceptors (Lipinski definition) is 2. The molecule has 0 aromatic heterocycles. The highest BCUT2D eigenvalue weighted by molar-refractivity contribution is 7.80. The second-order valence-electron chi connectivity index (χ2n) is 2.43. The van der Waals surface area contributed by atoms with Crippen LogP contribution in [0.15, 0.2) is 17.0 Å².